The summed E-state index contributed by atoms with van der Waals surface area (Å²) < 4.78 is 81.8. The summed E-state index contributed by atoms with van der Waals surface area (Å²) in [6.07, 6.45) is -1.82. The zero-order chi connectivity index (χ0) is 29.4. The number of halogens is 4. The minimum atomic E-state index is -4.45. The Morgan fingerprint density at radius 1 is 0.951 bits per heavy atom. The van der Waals surface area contributed by atoms with Crippen molar-refractivity contribution in [2.24, 2.45) is 5.92 Å². The number of rotatable bonds is 7. The molecule has 2 aromatic rings. The van der Waals surface area contributed by atoms with Crippen molar-refractivity contribution in [3.05, 3.63) is 71.0 Å². The zero-order valence-electron chi connectivity index (χ0n) is 22.3. The second kappa shape index (κ2) is 11.7. The molecule has 1 N–H and O–H groups in total. The zero-order valence-corrected chi connectivity index (χ0v) is 23.1. The minimum Gasteiger partial charge on any atom is -0.350 e. The van der Waals surface area contributed by atoms with Crippen LogP contribution in [0.5, 0.6) is 0 Å². The molecule has 0 spiro atoms. The number of hydrogen-bond donors (Lipinski definition) is 1. The molecule has 0 aliphatic carbocycles. The number of benzene rings is 2. The molecule has 3 aliphatic heterocycles. The number of carbonyl (C=O) groups is 2. The van der Waals surface area contributed by atoms with E-state index in [0.29, 0.717) is 56.3 Å². The number of carbonyl (C=O) groups excluding carboxylic acids is 2. The number of hydrogen-bond acceptors (Lipinski definition) is 4. The second-order valence-electron chi connectivity index (χ2n) is 10.8. The van der Waals surface area contributed by atoms with Crippen LogP contribution in [0.3, 0.4) is 0 Å². The van der Waals surface area contributed by atoms with Gasteiger partial charge in [0.2, 0.25) is 11.8 Å². The summed E-state index contributed by atoms with van der Waals surface area (Å²) in [4.78, 5) is 28.0. The lowest BCUT2D eigenvalue weighted by Gasteiger charge is -2.44. The molecule has 3 aliphatic rings. The Kier molecular flexibility index (Phi) is 8.40. The molecule has 0 radical (unpaired) electrons. The van der Waals surface area contributed by atoms with E-state index >= 15 is 0 Å². The Hall–Kier alpha value is -3.03. The average Bonchev–Trinajstić information content (AvgIpc) is 3.40. The van der Waals surface area contributed by atoms with Crippen molar-refractivity contribution in [2.45, 2.75) is 56.9 Å². The average molecular weight is 597 g/mol. The lowest BCUT2D eigenvalue weighted by Crippen LogP contribution is -2.56. The van der Waals surface area contributed by atoms with Crippen molar-refractivity contribution >= 4 is 22.0 Å². The standard InChI is InChI=1S/C28H32F4N4O4S/c29-23-6-1-4-20(16-23)24-12-15-36(24)41(39,40)34-13-2-5-21(18-34)27(38)35-14-3-7-25(35)26(37)33-17-19-8-10-22(11-9-19)28(30,31)32/h1,4,6,8-11,16,21,24-25H,2-3,5,7,12-15,17-18H2,(H,33,37)/t21-,24+,25+/m0/s1. The smallest absolute Gasteiger partial charge is 0.350 e. The van der Waals surface area contributed by atoms with Crippen molar-refractivity contribution < 1.29 is 35.6 Å². The second-order valence-corrected chi connectivity index (χ2v) is 12.7. The lowest BCUT2D eigenvalue weighted by atomic mass is 9.97. The van der Waals surface area contributed by atoms with Gasteiger partial charge in [-0.25, -0.2) is 4.39 Å². The highest BCUT2D eigenvalue weighted by Crippen LogP contribution is 2.38. The molecule has 0 bridgehead atoms. The fourth-order valence-corrected chi connectivity index (χ4v) is 7.75. The van der Waals surface area contributed by atoms with Gasteiger partial charge >= 0.3 is 6.18 Å². The van der Waals surface area contributed by atoms with Gasteiger partial charge in [-0.3, -0.25) is 9.59 Å². The largest absolute Gasteiger partial charge is 0.416 e. The summed E-state index contributed by atoms with van der Waals surface area (Å²) in [5.41, 5.74) is 0.312. The van der Waals surface area contributed by atoms with Crippen LogP contribution in [-0.4, -0.2) is 66.0 Å². The fraction of sp³-hybridized carbons (Fsp3) is 0.500. The summed E-state index contributed by atoms with van der Waals surface area (Å²) in [6.45, 7) is 0.979. The van der Waals surface area contributed by atoms with Crippen LogP contribution in [0.2, 0.25) is 0 Å². The summed E-state index contributed by atoms with van der Waals surface area (Å²) in [5.74, 6) is -1.70. The van der Waals surface area contributed by atoms with Crippen LogP contribution in [0, 0.1) is 11.7 Å². The molecule has 8 nitrogen and oxygen atoms in total. The Morgan fingerprint density at radius 2 is 1.68 bits per heavy atom. The first-order valence-corrected chi connectivity index (χ1v) is 15.1. The van der Waals surface area contributed by atoms with Crippen LogP contribution in [0.4, 0.5) is 17.6 Å². The number of likely N-dealkylation sites (tertiary alicyclic amines) is 1. The van der Waals surface area contributed by atoms with Crippen molar-refractivity contribution in [1.82, 2.24) is 18.8 Å². The highest BCUT2D eigenvalue weighted by atomic mass is 32.2. The van der Waals surface area contributed by atoms with Gasteiger partial charge in [-0.2, -0.15) is 30.2 Å². The lowest BCUT2D eigenvalue weighted by molar-refractivity contribution is -0.142. The Labute approximate surface area is 236 Å². The topological polar surface area (TPSA) is 90.0 Å². The van der Waals surface area contributed by atoms with E-state index in [2.05, 4.69) is 5.32 Å². The molecule has 0 aromatic heterocycles. The predicted octanol–water partition coefficient (Wildman–Crippen LogP) is 3.86. The van der Waals surface area contributed by atoms with E-state index in [9.17, 15) is 35.6 Å². The SMILES string of the molecule is O=C(NCc1ccc(C(F)(F)F)cc1)[C@H]1CCCN1C(=O)[C@H]1CCCN(S(=O)(=O)N2CC[C@@H]2c2cccc(F)c2)C1. The highest BCUT2D eigenvalue weighted by molar-refractivity contribution is 7.86. The molecule has 0 unspecified atom stereocenters. The maximum Gasteiger partial charge on any atom is 0.416 e. The Morgan fingerprint density at radius 3 is 2.34 bits per heavy atom. The first-order valence-electron chi connectivity index (χ1n) is 13.7. The Balaban J connectivity index is 1.20. The normalized spacial score (nSPS) is 24.2. The molecule has 5 rings (SSSR count). The van der Waals surface area contributed by atoms with Gasteiger partial charge in [-0.15, -0.1) is 0 Å². The third-order valence-electron chi connectivity index (χ3n) is 8.15. The number of nitrogens with one attached hydrogen (secondary N) is 1. The predicted molar refractivity (Wildman–Crippen MR) is 142 cm³/mol. The molecule has 41 heavy (non-hydrogen) atoms. The summed E-state index contributed by atoms with van der Waals surface area (Å²) in [6, 6.07) is 9.23. The van der Waals surface area contributed by atoms with E-state index in [1.54, 1.807) is 12.1 Å². The van der Waals surface area contributed by atoms with Crippen LogP contribution in [0.15, 0.2) is 48.5 Å². The van der Waals surface area contributed by atoms with Gasteiger partial charge in [-0.05, 0) is 67.5 Å². The van der Waals surface area contributed by atoms with E-state index in [4.69, 9.17) is 0 Å². The van der Waals surface area contributed by atoms with Crippen LogP contribution in [0.1, 0.15) is 54.8 Å². The molecule has 3 fully saturated rings. The quantitative estimate of drug-likeness (QED) is 0.492. The molecule has 2 amide bonds. The van der Waals surface area contributed by atoms with Gasteiger partial charge in [0.15, 0.2) is 0 Å². The van der Waals surface area contributed by atoms with E-state index in [0.717, 1.165) is 12.1 Å². The molecular formula is C28H32F4N4O4S. The molecule has 3 atom stereocenters. The minimum absolute atomic E-state index is 0.00390. The molecule has 2 aromatic carbocycles. The Bertz CT molecular complexity index is 1390. The van der Waals surface area contributed by atoms with Crippen LogP contribution < -0.4 is 5.32 Å². The van der Waals surface area contributed by atoms with Gasteiger partial charge < -0.3 is 10.2 Å². The third-order valence-corrected chi connectivity index (χ3v) is 10.2. The van der Waals surface area contributed by atoms with E-state index < -0.39 is 51.7 Å². The van der Waals surface area contributed by atoms with Crippen molar-refractivity contribution in [3.8, 4) is 0 Å². The van der Waals surface area contributed by atoms with Crippen molar-refractivity contribution in [3.63, 3.8) is 0 Å². The van der Waals surface area contributed by atoms with Gasteiger partial charge in [0.1, 0.15) is 11.9 Å². The highest BCUT2D eigenvalue weighted by Gasteiger charge is 2.45. The number of nitrogens with zero attached hydrogens (tertiary/aromatic N) is 3. The summed E-state index contributed by atoms with van der Waals surface area (Å²) >= 11 is 0. The molecule has 3 heterocycles. The van der Waals surface area contributed by atoms with E-state index in [1.165, 1.54) is 37.8 Å². The van der Waals surface area contributed by atoms with E-state index in [-0.39, 0.29) is 25.5 Å². The number of alkyl halides is 3. The first-order chi connectivity index (χ1) is 19.4. The fourth-order valence-electron chi connectivity index (χ4n) is 5.84. The molecular weight excluding hydrogens is 564 g/mol. The molecule has 13 heteroatoms. The van der Waals surface area contributed by atoms with Crippen LogP contribution in [-0.2, 0) is 32.5 Å². The van der Waals surface area contributed by atoms with Crippen molar-refractivity contribution in [2.75, 3.05) is 26.2 Å². The maximum absolute atomic E-state index is 13.7. The van der Waals surface area contributed by atoms with Crippen LogP contribution >= 0.6 is 0 Å². The molecule has 222 valence electrons. The van der Waals surface area contributed by atoms with Gasteiger partial charge in [-0.1, -0.05) is 24.3 Å². The summed E-state index contributed by atoms with van der Waals surface area (Å²) in [7, 11) is -3.88. The van der Waals surface area contributed by atoms with E-state index in [1.807, 2.05) is 0 Å². The maximum atomic E-state index is 13.7. The monoisotopic (exact) mass is 596 g/mol. The first kappa shape index (κ1) is 29.5. The molecule has 3 saturated heterocycles. The number of amides is 2. The van der Waals surface area contributed by atoms with Crippen molar-refractivity contribution in [1.29, 1.82) is 0 Å². The molecule has 0 saturated carbocycles. The number of piperidine rings is 1. The third kappa shape index (κ3) is 6.26. The van der Waals surface area contributed by atoms with Gasteiger partial charge in [0, 0.05) is 32.7 Å². The summed E-state index contributed by atoms with van der Waals surface area (Å²) in [5, 5.41) is 2.72. The van der Waals surface area contributed by atoms with Gasteiger partial charge in [0.05, 0.1) is 17.5 Å². The van der Waals surface area contributed by atoms with Crippen LogP contribution in [0.25, 0.3) is 0 Å². The van der Waals surface area contributed by atoms with Gasteiger partial charge in [0.25, 0.3) is 10.2 Å².